The third kappa shape index (κ3) is 3.51. The minimum Gasteiger partial charge on any atom is -0.347 e. The minimum atomic E-state index is -0.460. The second kappa shape index (κ2) is 7.38. The van der Waals surface area contributed by atoms with E-state index in [-0.39, 0.29) is 11.8 Å². The number of nitrogens with zero attached hydrogens (tertiary/aromatic N) is 6. The second-order valence-electron chi connectivity index (χ2n) is 6.96. The number of amides is 2. The van der Waals surface area contributed by atoms with Crippen LogP contribution in [-0.4, -0.2) is 76.7 Å². The molecule has 0 saturated carbocycles. The topological polar surface area (TPSA) is 74.6 Å². The highest BCUT2D eigenvalue weighted by Crippen LogP contribution is 2.22. The predicted molar refractivity (Wildman–Crippen MR) is 104 cm³/mol. The number of anilines is 1. The van der Waals surface area contributed by atoms with Crippen LogP contribution in [0.2, 0.25) is 0 Å². The van der Waals surface area contributed by atoms with Crippen LogP contribution in [0.4, 0.5) is 5.95 Å². The summed E-state index contributed by atoms with van der Waals surface area (Å²) in [6.45, 7) is 5.56. The smallest absolute Gasteiger partial charge is 0.254 e. The maximum atomic E-state index is 13.0. The van der Waals surface area contributed by atoms with Crippen LogP contribution in [0.5, 0.6) is 0 Å². The second-order valence-corrected chi connectivity index (χ2v) is 6.96. The van der Waals surface area contributed by atoms with E-state index >= 15 is 0 Å². The zero-order valence-corrected chi connectivity index (χ0v) is 16.5. The third-order valence-electron chi connectivity index (χ3n) is 4.86. The van der Waals surface area contributed by atoms with Crippen molar-refractivity contribution in [1.82, 2.24) is 24.6 Å². The molecule has 1 aromatic heterocycles. The maximum absolute atomic E-state index is 13.0. The fourth-order valence-electron chi connectivity index (χ4n) is 3.25. The molecule has 1 aromatic carbocycles. The van der Waals surface area contributed by atoms with Crippen molar-refractivity contribution in [1.29, 1.82) is 0 Å². The number of rotatable bonds is 4. The van der Waals surface area contributed by atoms with Gasteiger partial charge in [-0.1, -0.05) is 12.1 Å². The summed E-state index contributed by atoms with van der Waals surface area (Å²) in [4.78, 5) is 35.0. The molecule has 3 rings (SSSR count). The van der Waals surface area contributed by atoms with Crippen molar-refractivity contribution in [2.24, 2.45) is 0 Å². The third-order valence-corrected chi connectivity index (χ3v) is 4.86. The van der Waals surface area contributed by atoms with E-state index in [1.54, 1.807) is 35.9 Å². The minimum absolute atomic E-state index is 0.0373. The van der Waals surface area contributed by atoms with Gasteiger partial charge in [0.15, 0.2) is 5.82 Å². The van der Waals surface area contributed by atoms with E-state index in [9.17, 15) is 9.59 Å². The molecule has 2 amide bonds. The number of aryl methyl sites for hydroxylation is 1. The average Bonchev–Trinajstić information content (AvgIpc) is 3.11. The highest BCUT2D eigenvalue weighted by atomic mass is 16.2. The molecule has 1 aliphatic heterocycles. The number of hydrogen-bond acceptors (Lipinski definition) is 5. The monoisotopic (exact) mass is 370 g/mol. The largest absolute Gasteiger partial charge is 0.347 e. The summed E-state index contributed by atoms with van der Waals surface area (Å²) in [5.74, 6) is 1.17. The molecule has 0 bridgehead atoms. The van der Waals surface area contributed by atoms with E-state index in [2.05, 4.69) is 10.1 Å². The Morgan fingerprint density at radius 1 is 1.30 bits per heavy atom. The molecule has 1 saturated heterocycles. The van der Waals surface area contributed by atoms with Crippen molar-refractivity contribution in [3.63, 3.8) is 0 Å². The molecule has 27 heavy (non-hydrogen) atoms. The van der Waals surface area contributed by atoms with E-state index < -0.39 is 6.04 Å². The standard InChI is InChI=1S/C19H26N6O2/c1-6-25-19(22(3)4)20-16(21-25)14-8-7-9-15(12-14)18(27)24-11-10-23(5)17(26)13(24)2/h7-9,12-13H,6,10-11H2,1-5H3/t13-/m0/s1. The number of carbonyl (C=O) groups excluding carboxylic acids is 2. The summed E-state index contributed by atoms with van der Waals surface area (Å²) in [7, 11) is 5.61. The Morgan fingerprint density at radius 3 is 2.67 bits per heavy atom. The van der Waals surface area contributed by atoms with Crippen molar-refractivity contribution in [2.75, 3.05) is 39.1 Å². The Kier molecular flexibility index (Phi) is 5.16. The molecule has 0 unspecified atom stereocenters. The lowest BCUT2D eigenvalue weighted by atomic mass is 10.1. The Labute approximate surface area is 159 Å². The van der Waals surface area contributed by atoms with Gasteiger partial charge in [0.25, 0.3) is 5.91 Å². The molecular weight excluding hydrogens is 344 g/mol. The van der Waals surface area contributed by atoms with Crippen LogP contribution >= 0.6 is 0 Å². The lowest BCUT2D eigenvalue weighted by Crippen LogP contribution is -2.56. The van der Waals surface area contributed by atoms with Gasteiger partial charge in [0.05, 0.1) is 0 Å². The van der Waals surface area contributed by atoms with Crippen LogP contribution in [0.3, 0.4) is 0 Å². The van der Waals surface area contributed by atoms with Crippen LogP contribution < -0.4 is 4.90 Å². The van der Waals surface area contributed by atoms with Crippen molar-refractivity contribution < 1.29 is 9.59 Å². The summed E-state index contributed by atoms with van der Waals surface area (Å²) in [6.07, 6.45) is 0. The molecule has 1 atom stereocenters. The van der Waals surface area contributed by atoms with Crippen molar-refractivity contribution in [3.8, 4) is 11.4 Å². The molecule has 1 fully saturated rings. The lowest BCUT2D eigenvalue weighted by Gasteiger charge is -2.37. The number of carbonyl (C=O) groups is 2. The Bertz CT molecular complexity index is 860. The Hall–Kier alpha value is -2.90. The fraction of sp³-hybridized carbons (Fsp3) is 0.474. The first-order valence-corrected chi connectivity index (χ1v) is 9.12. The Morgan fingerprint density at radius 2 is 2.04 bits per heavy atom. The predicted octanol–water partition coefficient (Wildman–Crippen LogP) is 1.33. The van der Waals surface area contributed by atoms with Gasteiger partial charge in [-0.2, -0.15) is 4.98 Å². The lowest BCUT2D eigenvalue weighted by molar-refractivity contribution is -0.137. The number of aromatic nitrogens is 3. The first-order valence-electron chi connectivity index (χ1n) is 9.12. The van der Waals surface area contributed by atoms with Gasteiger partial charge in [-0.3, -0.25) is 9.59 Å². The normalized spacial score (nSPS) is 17.4. The van der Waals surface area contributed by atoms with Crippen molar-refractivity contribution in [2.45, 2.75) is 26.4 Å². The summed E-state index contributed by atoms with van der Waals surface area (Å²) in [6, 6.07) is 6.83. The van der Waals surface area contributed by atoms with Gasteiger partial charge >= 0.3 is 0 Å². The van der Waals surface area contributed by atoms with E-state index in [4.69, 9.17) is 0 Å². The highest BCUT2D eigenvalue weighted by molar-refractivity contribution is 5.98. The van der Waals surface area contributed by atoms with Gasteiger partial charge in [-0.25, -0.2) is 4.68 Å². The van der Waals surface area contributed by atoms with Crippen molar-refractivity contribution >= 4 is 17.8 Å². The summed E-state index contributed by atoms with van der Waals surface area (Å²) in [5.41, 5.74) is 1.32. The summed E-state index contributed by atoms with van der Waals surface area (Å²) < 4.78 is 1.82. The molecule has 0 aliphatic carbocycles. The van der Waals surface area contributed by atoms with Gasteiger partial charge in [-0.05, 0) is 26.0 Å². The molecular formula is C19H26N6O2. The quantitative estimate of drug-likeness (QED) is 0.812. The van der Waals surface area contributed by atoms with E-state index in [0.717, 1.165) is 11.5 Å². The van der Waals surface area contributed by atoms with E-state index in [1.807, 2.05) is 42.7 Å². The van der Waals surface area contributed by atoms with Crippen LogP contribution in [0.1, 0.15) is 24.2 Å². The molecule has 0 radical (unpaired) electrons. The van der Waals surface area contributed by atoms with Gasteiger partial charge in [0.1, 0.15) is 6.04 Å². The van der Waals surface area contributed by atoms with Crippen molar-refractivity contribution in [3.05, 3.63) is 29.8 Å². The average molecular weight is 370 g/mol. The van der Waals surface area contributed by atoms with Crippen LogP contribution in [-0.2, 0) is 11.3 Å². The molecule has 0 spiro atoms. The van der Waals surface area contributed by atoms with Gasteiger partial charge in [0.2, 0.25) is 11.9 Å². The highest BCUT2D eigenvalue weighted by Gasteiger charge is 2.33. The molecule has 0 N–H and O–H groups in total. The van der Waals surface area contributed by atoms with Gasteiger partial charge in [0, 0.05) is 51.9 Å². The molecule has 2 heterocycles. The van der Waals surface area contributed by atoms with Crippen LogP contribution in [0.15, 0.2) is 24.3 Å². The first-order chi connectivity index (χ1) is 12.8. The van der Waals surface area contributed by atoms with E-state index in [1.165, 1.54) is 0 Å². The van der Waals surface area contributed by atoms with Gasteiger partial charge in [-0.15, -0.1) is 5.10 Å². The Balaban J connectivity index is 1.90. The summed E-state index contributed by atoms with van der Waals surface area (Å²) in [5, 5.41) is 4.55. The molecule has 8 nitrogen and oxygen atoms in total. The molecule has 2 aromatic rings. The number of piperazine rings is 1. The van der Waals surface area contributed by atoms with Gasteiger partial charge < -0.3 is 14.7 Å². The van der Waals surface area contributed by atoms with Crippen LogP contribution in [0.25, 0.3) is 11.4 Å². The molecule has 144 valence electrons. The summed E-state index contributed by atoms with van der Waals surface area (Å²) >= 11 is 0. The zero-order valence-electron chi connectivity index (χ0n) is 16.5. The molecule has 8 heteroatoms. The molecule has 1 aliphatic rings. The fourth-order valence-corrected chi connectivity index (χ4v) is 3.25. The maximum Gasteiger partial charge on any atom is 0.254 e. The number of hydrogen-bond donors (Lipinski definition) is 0. The first kappa shape index (κ1) is 18.9. The SMILES string of the molecule is CCn1nc(-c2cccc(C(=O)N3CCN(C)C(=O)[C@@H]3C)c2)nc1N(C)C. The number of benzene rings is 1. The zero-order chi connectivity index (χ0) is 19.7. The van der Waals surface area contributed by atoms with Crippen LogP contribution in [0, 0.1) is 0 Å². The number of likely N-dealkylation sites (N-methyl/N-ethyl adjacent to an activating group) is 1. The van der Waals surface area contributed by atoms with E-state index in [0.29, 0.717) is 31.0 Å².